The van der Waals surface area contributed by atoms with Gasteiger partial charge < -0.3 is 26.0 Å². The molecule has 0 saturated heterocycles. The highest BCUT2D eigenvalue weighted by molar-refractivity contribution is 5.95. The van der Waals surface area contributed by atoms with Crippen LogP contribution in [0.1, 0.15) is 53.8 Å². The maximum Gasteiger partial charge on any atom is 0.573 e. The van der Waals surface area contributed by atoms with Crippen molar-refractivity contribution in [3.8, 4) is 5.75 Å². The van der Waals surface area contributed by atoms with Crippen molar-refractivity contribution in [3.05, 3.63) is 71.5 Å². The zero-order valence-corrected chi connectivity index (χ0v) is 24.3. The minimum Gasteiger partial charge on any atom is -0.406 e. The fourth-order valence-corrected chi connectivity index (χ4v) is 5.23. The van der Waals surface area contributed by atoms with E-state index in [1.165, 1.54) is 24.3 Å². The zero-order chi connectivity index (χ0) is 30.8. The van der Waals surface area contributed by atoms with Crippen LogP contribution in [0.3, 0.4) is 0 Å². The lowest BCUT2D eigenvalue weighted by Crippen LogP contribution is -2.44. The van der Waals surface area contributed by atoms with Gasteiger partial charge in [0.25, 0.3) is 5.91 Å². The Kier molecular flexibility index (Phi) is 10.8. The summed E-state index contributed by atoms with van der Waals surface area (Å²) in [6, 6.07) is 14.3. The number of benzene rings is 2. The number of aromatic nitrogens is 2. The molecule has 4 rings (SSSR count). The van der Waals surface area contributed by atoms with Crippen LogP contribution in [-0.4, -0.2) is 47.8 Å². The second kappa shape index (κ2) is 14.7. The highest BCUT2D eigenvalue weighted by atomic mass is 19.4. The number of amides is 2. The Balaban J connectivity index is 1.27. The molecule has 4 N–H and O–H groups in total. The zero-order valence-electron chi connectivity index (χ0n) is 24.3. The summed E-state index contributed by atoms with van der Waals surface area (Å²) in [6.07, 6.45) is 0.361. The minimum atomic E-state index is -4.74. The molecule has 12 heteroatoms. The summed E-state index contributed by atoms with van der Waals surface area (Å²) >= 11 is 0. The second-order valence-electron chi connectivity index (χ2n) is 10.7. The van der Waals surface area contributed by atoms with Gasteiger partial charge in [0.2, 0.25) is 11.9 Å². The number of carbonyl (C=O) groups excluding carboxylic acids is 2. The van der Waals surface area contributed by atoms with E-state index in [4.69, 9.17) is 0 Å². The van der Waals surface area contributed by atoms with E-state index in [0.717, 1.165) is 49.2 Å². The predicted octanol–water partition coefficient (Wildman–Crippen LogP) is 5.89. The molecule has 0 bridgehead atoms. The Morgan fingerprint density at radius 2 is 1.51 bits per heavy atom. The van der Waals surface area contributed by atoms with E-state index in [-0.39, 0.29) is 35.9 Å². The highest BCUT2D eigenvalue weighted by Crippen LogP contribution is 2.30. The Morgan fingerprint density at radius 1 is 0.884 bits per heavy atom. The first-order valence-electron chi connectivity index (χ1n) is 14.4. The molecule has 0 spiro atoms. The minimum absolute atomic E-state index is 0.129. The van der Waals surface area contributed by atoms with Gasteiger partial charge in [-0.15, -0.1) is 13.2 Å². The maximum absolute atomic E-state index is 13.2. The van der Waals surface area contributed by atoms with Gasteiger partial charge in [-0.1, -0.05) is 19.3 Å². The summed E-state index contributed by atoms with van der Waals surface area (Å²) in [5.41, 5.74) is 3.53. The first-order valence-corrected chi connectivity index (χ1v) is 14.4. The summed E-state index contributed by atoms with van der Waals surface area (Å²) in [4.78, 5) is 34.9. The number of carbonyl (C=O) groups is 2. The predicted molar refractivity (Wildman–Crippen MR) is 158 cm³/mol. The van der Waals surface area contributed by atoms with Crippen molar-refractivity contribution in [1.82, 2.24) is 20.6 Å². The summed E-state index contributed by atoms with van der Waals surface area (Å²) in [6.45, 7) is 4.71. The van der Waals surface area contributed by atoms with Crippen LogP contribution in [0.4, 0.5) is 30.5 Å². The largest absolute Gasteiger partial charge is 0.573 e. The average Bonchev–Trinajstić information content (AvgIpc) is 2.96. The van der Waals surface area contributed by atoms with Crippen molar-refractivity contribution >= 4 is 29.1 Å². The third kappa shape index (κ3) is 10.2. The van der Waals surface area contributed by atoms with Gasteiger partial charge in [-0.25, -0.2) is 9.97 Å². The summed E-state index contributed by atoms with van der Waals surface area (Å²) in [5, 5.41) is 12.1. The lowest BCUT2D eigenvalue weighted by Gasteiger charge is -2.29. The van der Waals surface area contributed by atoms with Gasteiger partial charge >= 0.3 is 6.36 Å². The molecule has 230 valence electrons. The molecule has 1 atom stereocenters. The quantitative estimate of drug-likeness (QED) is 0.192. The van der Waals surface area contributed by atoms with Crippen molar-refractivity contribution in [2.24, 2.45) is 11.8 Å². The Bertz CT molecular complexity index is 1340. The lowest BCUT2D eigenvalue weighted by molar-refractivity contribution is -0.274. The van der Waals surface area contributed by atoms with Gasteiger partial charge in [0.15, 0.2) is 0 Å². The molecule has 2 amide bonds. The van der Waals surface area contributed by atoms with E-state index in [1.54, 1.807) is 24.3 Å². The van der Waals surface area contributed by atoms with Crippen LogP contribution in [0.5, 0.6) is 5.75 Å². The van der Waals surface area contributed by atoms with E-state index >= 15 is 0 Å². The molecule has 1 aliphatic carbocycles. The van der Waals surface area contributed by atoms with E-state index < -0.39 is 6.36 Å². The summed E-state index contributed by atoms with van der Waals surface area (Å²) < 4.78 is 40.9. The lowest BCUT2D eigenvalue weighted by atomic mass is 9.79. The topological polar surface area (TPSA) is 117 Å². The van der Waals surface area contributed by atoms with Crippen LogP contribution in [0.15, 0.2) is 54.6 Å². The van der Waals surface area contributed by atoms with Gasteiger partial charge in [0.1, 0.15) is 5.75 Å². The number of aryl methyl sites for hydroxylation is 2. The first-order chi connectivity index (χ1) is 20.6. The molecular formula is C31H37F3N6O3. The van der Waals surface area contributed by atoms with Crippen molar-refractivity contribution in [2.45, 2.75) is 52.3 Å². The smallest absolute Gasteiger partial charge is 0.406 e. The molecule has 1 aliphatic rings. The van der Waals surface area contributed by atoms with Gasteiger partial charge in [-0.2, -0.15) is 0 Å². The molecule has 1 heterocycles. The second-order valence-corrected chi connectivity index (χ2v) is 10.7. The van der Waals surface area contributed by atoms with Crippen LogP contribution in [-0.2, 0) is 4.79 Å². The molecule has 1 unspecified atom stereocenters. The number of alkyl halides is 3. The molecular weight excluding hydrogens is 561 g/mol. The van der Waals surface area contributed by atoms with Crippen LogP contribution < -0.4 is 26.0 Å². The number of halogens is 3. The Hall–Kier alpha value is -4.35. The molecule has 9 nitrogen and oxygen atoms in total. The van der Waals surface area contributed by atoms with Gasteiger partial charge in [0, 0.05) is 48.0 Å². The van der Waals surface area contributed by atoms with E-state index in [9.17, 15) is 22.8 Å². The van der Waals surface area contributed by atoms with E-state index in [0.29, 0.717) is 30.3 Å². The van der Waals surface area contributed by atoms with Gasteiger partial charge in [-0.05, 0) is 87.2 Å². The third-order valence-corrected chi connectivity index (χ3v) is 7.26. The van der Waals surface area contributed by atoms with Gasteiger partial charge in [-0.3, -0.25) is 9.59 Å². The normalized spacial score (nSPS) is 14.4. The van der Waals surface area contributed by atoms with Crippen LogP contribution in [0.25, 0.3) is 0 Å². The fraction of sp³-hybridized carbons (Fsp3) is 0.419. The Morgan fingerprint density at radius 3 is 2.14 bits per heavy atom. The molecule has 43 heavy (non-hydrogen) atoms. The molecule has 0 radical (unpaired) electrons. The monoisotopic (exact) mass is 598 g/mol. The number of nitrogens with zero attached hydrogens (tertiary/aromatic N) is 2. The van der Waals surface area contributed by atoms with E-state index in [2.05, 4.69) is 36.0 Å². The van der Waals surface area contributed by atoms with Crippen molar-refractivity contribution in [2.75, 3.05) is 30.3 Å². The molecule has 0 aliphatic heterocycles. The molecule has 3 aromatic rings. The first kappa shape index (κ1) is 31.6. The number of hydrogen-bond donors (Lipinski definition) is 4. The molecule has 1 aromatic heterocycles. The number of rotatable bonds is 12. The van der Waals surface area contributed by atoms with Gasteiger partial charge in [0.05, 0.1) is 5.92 Å². The van der Waals surface area contributed by atoms with Crippen LogP contribution in [0.2, 0.25) is 0 Å². The van der Waals surface area contributed by atoms with Crippen LogP contribution >= 0.6 is 0 Å². The fourth-order valence-electron chi connectivity index (χ4n) is 5.23. The molecule has 1 fully saturated rings. The third-order valence-electron chi connectivity index (χ3n) is 7.26. The summed E-state index contributed by atoms with van der Waals surface area (Å²) in [5.74, 6) is -0.403. The SMILES string of the molecule is Cc1cc(C)nc(Nc2ccc(C(=O)NCC(C(=O)NCCNc3ccc(OC(F)(F)F)cc3)C3CCCCC3)cc2)n1. The number of nitrogens with one attached hydrogen (secondary N) is 4. The standard InChI is InChI=1S/C31H37F3N6O3/c1-20-18-21(2)39-30(38-20)40-25-10-8-23(9-11-25)28(41)37-19-27(22-6-4-3-5-7-22)29(42)36-17-16-35-24-12-14-26(15-13-24)43-31(32,33)34/h8-15,18,22,27,35H,3-7,16-17,19H2,1-2H3,(H,36,42)(H,37,41)(H,38,39,40). The van der Waals surface area contributed by atoms with Crippen LogP contribution in [0, 0.1) is 25.7 Å². The van der Waals surface area contributed by atoms with Crippen molar-refractivity contribution in [1.29, 1.82) is 0 Å². The summed E-state index contributed by atoms with van der Waals surface area (Å²) in [7, 11) is 0. The van der Waals surface area contributed by atoms with Crippen molar-refractivity contribution in [3.63, 3.8) is 0 Å². The number of hydrogen-bond acceptors (Lipinski definition) is 7. The number of ether oxygens (including phenoxy) is 1. The molecule has 2 aromatic carbocycles. The number of anilines is 3. The maximum atomic E-state index is 13.2. The Labute approximate surface area is 249 Å². The average molecular weight is 599 g/mol. The highest BCUT2D eigenvalue weighted by Gasteiger charge is 2.31. The molecule has 1 saturated carbocycles. The van der Waals surface area contributed by atoms with E-state index in [1.807, 2.05) is 19.9 Å². The van der Waals surface area contributed by atoms with Crippen molar-refractivity contribution < 1.29 is 27.5 Å².